The fourth-order valence-electron chi connectivity index (χ4n) is 12.7. The smallest absolute Gasteiger partial charge is 0.211 e. The number of hydrogen-bond donors (Lipinski definition) is 0. The van der Waals surface area contributed by atoms with Gasteiger partial charge in [-0.25, -0.2) is 13.4 Å². The molecular formula is C57H36N2O2S. The van der Waals surface area contributed by atoms with Gasteiger partial charge in [0.2, 0.25) is 9.84 Å². The fraction of sp³-hybridized carbons (Fsp3) is 0.0702. The first-order valence-corrected chi connectivity index (χ1v) is 22.9. The van der Waals surface area contributed by atoms with Crippen molar-refractivity contribution >= 4 is 20.9 Å². The van der Waals surface area contributed by atoms with Crippen LogP contribution in [0.3, 0.4) is 0 Å². The average molecular weight is 813 g/mol. The van der Waals surface area contributed by atoms with Crippen molar-refractivity contribution in [1.29, 1.82) is 0 Å². The molecule has 8 aromatic carbocycles. The van der Waals surface area contributed by atoms with Crippen LogP contribution in [-0.4, -0.2) is 18.0 Å². The molecule has 3 atom stereocenters. The number of para-hydroxylation sites is 1. The molecule has 1 aliphatic heterocycles. The standard InChI is InChI=1S/C57H36N2O2S/c60-62(61)52-31-15-29-50-53(52)59(55(58-50)35-16-2-1-3-17-35)51-30-14-21-37(54(51)62)36-32-33-41-40-20-6-9-24-44(40)57(49(41)34-36)47-27-12-10-25-45(47)56(46-26-11-13-28-48(46)57)42-22-7-4-18-38(42)39-19-5-8-23-43(39)56/h1-34,45,47H. The van der Waals surface area contributed by atoms with Gasteiger partial charge < -0.3 is 0 Å². The predicted molar refractivity (Wildman–Crippen MR) is 246 cm³/mol. The summed E-state index contributed by atoms with van der Waals surface area (Å²) in [6.07, 6.45) is 9.43. The maximum atomic E-state index is 15.2. The van der Waals surface area contributed by atoms with E-state index in [1.807, 2.05) is 60.7 Å². The zero-order valence-electron chi connectivity index (χ0n) is 33.4. The second kappa shape index (κ2) is 11.9. The molecule has 0 saturated carbocycles. The molecule has 14 rings (SSSR count). The highest BCUT2D eigenvalue weighted by Gasteiger charge is 2.64. The van der Waals surface area contributed by atoms with Crippen molar-refractivity contribution in [2.75, 3.05) is 0 Å². The average Bonchev–Trinajstić information content (AvgIpc) is 3.96. The number of fused-ring (bicyclic) bond motifs is 18. The van der Waals surface area contributed by atoms with Crippen LogP contribution in [0.1, 0.15) is 33.4 Å². The van der Waals surface area contributed by atoms with Crippen LogP contribution in [0.5, 0.6) is 0 Å². The molecule has 4 nitrogen and oxygen atoms in total. The van der Waals surface area contributed by atoms with Gasteiger partial charge in [-0.15, -0.1) is 0 Å². The van der Waals surface area contributed by atoms with Crippen molar-refractivity contribution in [1.82, 2.24) is 9.55 Å². The number of aromatic nitrogens is 2. The lowest BCUT2D eigenvalue weighted by atomic mass is 9.45. The van der Waals surface area contributed by atoms with Gasteiger partial charge in [0.25, 0.3) is 0 Å². The molecule has 1 aromatic heterocycles. The summed E-state index contributed by atoms with van der Waals surface area (Å²) >= 11 is 0. The summed E-state index contributed by atoms with van der Waals surface area (Å²) in [4.78, 5) is 5.64. The lowest BCUT2D eigenvalue weighted by molar-refractivity contribution is 0.254. The zero-order valence-corrected chi connectivity index (χ0v) is 34.2. The van der Waals surface area contributed by atoms with Crippen LogP contribution in [-0.2, 0) is 20.7 Å². The van der Waals surface area contributed by atoms with E-state index in [1.165, 1.54) is 55.6 Å². The lowest BCUT2D eigenvalue weighted by Crippen LogP contribution is -2.53. The van der Waals surface area contributed by atoms with Gasteiger partial charge in [0.05, 0.1) is 32.4 Å². The van der Waals surface area contributed by atoms with E-state index in [0.29, 0.717) is 27.2 Å². The number of sulfone groups is 1. The summed E-state index contributed by atoms with van der Waals surface area (Å²) in [6, 6.07) is 64.3. The van der Waals surface area contributed by atoms with Crippen LogP contribution >= 0.6 is 0 Å². The molecule has 0 saturated heterocycles. The number of allylic oxidation sites excluding steroid dienone is 4. The van der Waals surface area contributed by atoms with Crippen LogP contribution in [0, 0.1) is 11.8 Å². The van der Waals surface area contributed by atoms with E-state index in [4.69, 9.17) is 4.98 Å². The molecule has 0 amide bonds. The highest BCUT2D eigenvalue weighted by atomic mass is 32.2. The molecule has 9 aromatic rings. The number of nitrogens with zero attached hydrogens (tertiary/aromatic N) is 2. The Morgan fingerprint density at radius 1 is 0.452 bits per heavy atom. The van der Waals surface area contributed by atoms with Crippen molar-refractivity contribution in [3.05, 3.63) is 240 Å². The van der Waals surface area contributed by atoms with Gasteiger partial charge >= 0.3 is 0 Å². The molecule has 62 heavy (non-hydrogen) atoms. The minimum absolute atomic E-state index is 0.0206. The molecular weight excluding hydrogens is 777 g/mol. The third kappa shape index (κ3) is 3.95. The monoisotopic (exact) mass is 812 g/mol. The van der Waals surface area contributed by atoms with Crippen LogP contribution in [0.4, 0.5) is 0 Å². The number of hydrogen-bond acceptors (Lipinski definition) is 3. The van der Waals surface area contributed by atoms with Crippen LogP contribution in [0.25, 0.3) is 61.5 Å². The first-order chi connectivity index (χ1) is 30.5. The third-order valence-corrected chi connectivity index (χ3v) is 16.6. The Labute approximate surface area is 359 Å². The maximum absolute atomic E-state index is 15.2. The van der Waals surface area contributed by atoms with E-state index in [2.05, 4.69) is 144 Å². The van der Waals surface area contributed by atoms with Gasteiger partial charge in [-0.3, -0.25) is 4.57 Å². The minimum atomic E-state index is -3.98. The summed E-state index contributed by atoms with van der Waals surface area (Å²) in [5, 5.41) is 0. The first kappa shape index (κ1) is 34.4. The second-order valence-corrected chi connectivity index (χ2v) is 19.2. The molecule has 292 valence electrons. The fourth-order valence-corrected chi connectivity index (χ4v) is 14.5. The van der Waals surface area contributed by atoms with Gasteiger partial charge in [0.1, 0.15) is 10.7 Å². The van der Waals surface area contributed by atoms with Crippen LogP contribution < -0.4 is 0 Å². The van der Waals surface area contributed by atoms with Crippen molar-refractivity contribution < 1.29 is 8.42 Å². The second-order valence-electron chi connectivity index (χ2n) is 17.3. The minimum Gasteiger partial charge on any atom is -0.290 e. The highest BCUT2D eigenvalue weighted by Crippen LogP contribution is 2.70. The molecule has 4 aliphatic carbocycles. The summed E-state index contributed by atoms with van der Waals surface area (Å²) in [5.41, 5.74) is 16.2. The summed E-state index contributed by atoms with van der Waals surface area (Å²) < 4.78 is 32.4. The highest BCUT2D eigenvalue weighted by molar-refractivity contribution is 7.92. The Balaban J connectivity index is 1.07. The van der Waals surface area contributed by atoms with Crippen LogP contribution in [0.2, 0.25) is 0 Å². The molecule has 2 heterocycles. The van der Waals surface area contributed by atoms with Crippen molar-refractivity contribution in [2.24, 2.45) is 11.8 Å². The van der Waals surface area contributed by atoms with E-state index < -0.39 is 20.7 Å². The van der Waals surface area contributed by atoms with Crippen molar-refractivity contribution in [3.8, 4) is 50.5 Å². The number of benzene rings is 8. The molecule has 0 fully saturated rings. The number of imidazole rings is 1. The normalized spacial score (nSPS) is 20.6. The van der Waals surface area contributed by atoms with Gasteiger partial charge in [-0.05, 0) is 85.5 Å². The van der Waals surface area contributed by atoms with Gasteiger partial charge in [-0.1, -0.05) is 182 Å². The first-order valence-electron chi connectivity index (χ1n) is 21.4. The Hall–Kier alpha value is -7.34. The van der Waals surface area contributed by atoms with E-state index >= 15 is 8.42 Å². The third-order valence-electron chi connectivity index (χ3n) is 14.8. The van der Waals surface area contributed by atoms with Gasteiger partial charge in [-0.2, -0.15) is 0 Å². The summed E-state index contributed by atoms with van der Waals surface area (Å²) in [7, 11) is -3.98. The molecule has 0 bridgehead atoms. The lowest BCUT2D eigenvalue weighted by Gasteiger charge is -2.56. The summed E-state index contributed by atoms with van der Waals surface area (Å²) in [6.45, 7) is 0. The largest absolute Gasteiger partial charge is 0.290 e. The predicted octanol–water partition coefficient (Wildman–Crippen LogP) is 12.5. The van der Waals surface area contributed by atoms with Crippen molar-refractivity contribution in [2.45, 2.75) is 20.6 Å². The van der Waals surface area contributed by atoms with Crippen molar-refractivity contribution in [3.63, 3.8) is 0 Å². The van der Waals surface area contributed by atoms with Gasteiger partial charge in [0.15, 0.2) is 0 Å². The number of rotatable bonds is 2. The molecule has 0 N–H and O–H groups in total. The Morgan fingerprint density at radius 2 is 0.968 bits per heavy atom. The molecule has 2 spiro atoms. The molecule has 5 aliphatic rings. The summed E-state index contributed by atoms with van der Waals surface area (Å²) in [5.74, 6) is 0.805. The zero-order chi connectivity index (χ0) is 41.0. The molecule has 0 radical (unpaired) electrons. The maximum Gasteiger partial charge on any atom is 0.211 e. The van der Waals surface area contributed by atoms with E-state index in [9.17, 15) is 0 Å². The molecule has 5 heteroatoms. The SMILES string of the molecule is O=S1(=O)c2c(-c3ccc4c(c3)C3(c5ccccc5-4)c4ccccc4C4(c5ccccc5-c5ccccc54)C4C=CC=CC43)cccc2-n2c(-c3ccccc3)nc3cccc1c32. The molecule has 3 unspecified atom stereocenters. The Bertz CT molecular complexity index is 3590. The quantitative estimate of drug-likeness (QED) is 0.175. The Kier molecular flexibility index (Phi) is 6.62. The van der Waals surface area contributed by atoms with E-state index in [0.717, 1.165) is 17.0 Å². The van der Waals surface area contributed by atoms with E-state index in [1.54, 1.807) is 6.07 Å². The topological polar surface area (TPSA) is 52.0 Å². The van der Waals surface area contributed by atoms with E-state index in [-0.39, 0.29) is 16.7 Å². The van der Waals surface area contributed by atoms with Gasteiger partial charge in [0, 0.05) is 23.0 Å². The Morgan fingerprint density at radius 3 is 1.60 bits per heavy atom. The van der Waals surface area contributed by atoms with Crippen LogP contribution in [0.15, 0.2) is 216 Å².